The number of nitrogens with one attached hydrogen (secondary N) is 1. The van der Waals surface area contributed by atoms with Gasteiger partial charge in [-0.25, -0.2) is 4.79 Å². The lowest BCUT2D eigenvalue weighted by Crippen LogP contribution is -2.43. The molecule has 4 nitrogen and oxygen atoms in total. The van der Waals surface area contributed by atoms with Crippen LogP contribution in [0.4, 0.5) is 23.7 Å². The van der Waals surface area contributed by atoms with E-state index < -0.39 is 17.8 Å². The lowest BCUT2D eigenvalue weighted by Gasteiger charge is -2.24. The molecule has 1 aromatic rings. The van der Waals surface area contributed by atoms with Crippen LogP contribution in [-0.4, -0.2) is 24.4 Å². The van der Waals surface area contributed by atoms with Crippen molar-refractivity contribution in [3.05, 3.63) is 42.5 Å². The Morgan fingerprint density at radius 3 is 2.73 bits per heavy atom. The number of alkyl halides is 3. The van der Waals surface area contributed by atoms with Crippen LogP contribution >= 0.6 is 12.2 Å². The molecule has 0 bridgehead atoms. The zero-order chi connectivity index (χ0) is 16.8. The summed E-state index contributed by atoms with van der Waals surface area (Å²) in [5, 5.41) is 2.22. The van der Waals surface area contributed by atoms with Crippen LogP contribution in [0.2, 0.25) is 0 Å². The second-order valence-corrected chi connectivity index (χ2v) is 4.48. The van der Waals surface area contributed by atoms with Crippen LogP contribution in [0.15, 0.2) is 36.9 Å². The summed E-state index contributed by atoms with van der Waals surface area (Å²) < 4.78 is 43.0. The first-order chi connectivity index (χ1) is 10.3. The molecule has 1 N–H and O–H groups in total. The fourth-order valence-corrected chi connectivity index (χ4v) is 1.87. The Bertz CT molecular complexity index is 561. The van der Waals surface area contributed by atoms with Gasteiger partial charge in [0.25, 0.3) is 0 Å². The van der Waals surface area contributed by atoms with Crippen LogP contribution in [0.3, 0.4) is 0 Å². The molecule has 1 amide bonds. The third-order valence-electron chi connectivity index (χ3n) is 2.53. The molecule has 0 saturated carbocycles. The maximum absolute atomic E-state index is 12.8. The number of carbonyl (C=O) groups is 1. The smallest absolute Gasteiger partial charge is 0.416 e. The van der Waals surface area contributed by atoms with Gasteiger partial charge >= 0.3 is 12.3 Å². The quantitative estimate of drug-likeness (QED) is 0.674. The summed E-state index contributed by atoms with van der Waals surface area (Å²) in [4.78, 5) is 12.7. The normalized spacial score (nSPS) is 10.7. The Balaban J connectivity index is 3.02. The summed E-state index contributed by atoms with van der Waals surface area (Å²) in [6.07, 6.45) is -3.78. The molecule has 0 aliphatic heterocycles. The molecule has 0 saturated heterocycles. The van der Waals surface area contributed by atoms with E-state index >= 15 is 0 Å². The molecule has 0 aliphatic carbocycles. The first kappa shape index (κ1) is 18.0. The van der Waals surface area contributed by atoms with Crippen molar-refractivity contribution in [3.8, 4) is 0 Å². The lowest BCUT2D eigenvalue weighted by atomic mass is 10.2. The Morgan fingerprint density at radius 1 is 1.50 bits per heavy atom. The minimum atomic E-state index is -4.47. The number of nitrogens with zero attached hydrogens (tertiary/aromatic N) is 1. The van der Waals surface area contributed by atoms with E-state index in [9.17, 15) is 18.0 Å². The van der Waals surface area contributed by atoms with E-state index in [1.54, 1.807) is 6.92 Å². The van der Waals surface area contributed by atoms with Gasteiger partial charge in [0, 0.05) is 12.2 Å². The number of ether oxygens (including phenoxy) is 1. The van der Waals surface area contributed by atoms with E-state index in [4.69, 9.17) is 12.2 Å². The predicted octanol–water partition coefficient (Wildman–Crippen LogP) is 3.73. The fourth-order valence-electron chi connectivity index (χ4n) is 1.61. The number of alkyl carbamates (subject to hydrolysis) is 1. The van der Waals surface area contributed by atoms with E-state index in [0.29, 0.717) is 0 Å². The molecule has 0 atom stereocenters. The van der Waals surface area contributed by atoms with E-state index in [2.05, 4.69) is 16.6 Å². The topological polar surface area (TPSA) is 41.6 Å². The van der Waals surface area contributed by atoms with Crippen molar-refractivity contribution in [1.82, 2.24) is 5.32 Å². The maximum atomic E-state index is 12.8. The highest BCUT2D eigenvalue weighted by Crippen LogP contribution is 2.31. The van der Waals surface area contributed by atoms with Crippen LogP contribution < -0.4 is 10.2 Å². The predicted molar refractivity (Wildman–Crippen MR) is 81.7 cm³/mol. The third kappa shape index (κ3) is 5.03. The van der Waals surface area contributed by atoms with Crippen molar-refractivity contribution in [2.45, 2.75) is 13.1 Å². The van der Waals surface area contributed by atoms with Crippen molar-refractivity contribution < 1.29 is 22.7 Å². The number of thiocarbonyl (C=S) groups is 1. The van der Waals surface area contributed by atoms with E-state index in [0.717, 1.165) is 12.1 Å². The second-order valence-electron chi connectivity index (χ2n) is 4.10. The highest BCUT2D eigenvalue weighted by Gasteiger charge is 2.31. The van der Waals surface area contributed by atoms with Gasteiger partial charge in [-0.05, 0) is 37.3 Å². The number of halogens is 3. The average Bonchev–Trinajstić information content (AvgIpc) is 2.44. The summed E-state index contributed by atoms with van der Waals surface area (Å²) >= 11 is 5.04. The van der Waals surface area contributed by atoms with Crippen LogP contribution in [-0.2, 0) is 10.9 Å². The standard InChI is InChI=1S/C14H15F3N2O2S/c1-3-8-19(12(22)18-13(20)21-4-2)11-7-5-6-10(9-11)14(15,16)17/h3,5-7,9H,1,4,8H2,2H3,(H,18,20,22). The Labute approximate surface area is 131 Å². The van der Waals surface area contributed by atoms with Crippen LogP contribution in [0.1, 0.15) is 12.5 Å². The molecular formula is C14H15F3N2O2S. The highest BCUT2D eigenvalue weighted by atomic mass is 32.1. The van der Waals surface area contributed by atoms with Crippen molar-refractivity contribution in [2.24, 2.45) is 0 Å². The summed E-state index contributed by atoms with van der Waals surface area (Å²) in [5.74, 6) is 0. The molecule has 1 rings (SSSR count). The second kappa shape index (κ2) is 7.79. The van der Waals surface area contributed by atoms with Crippen LogP contribution in [0.5, 0.6) is 0 Å². The van der Waals surface area contributed by atoms with Crippen LogP contribution in [0.25, 0.3) is 0 Å². The number of benzene rings is 1. The number of anilines is 1. The van der Waals surface area contributed by atoms with Gasteiger partial charge in [-0.15, -0.1) is 6.58 Å². The number of amides is 1. The van der Waals surface area contributed by atoms with Gasteiger partial charge in [0.2, 0.25) is 0 Å². The molecule has 0 aromatic heterocycles. The first-order valence-corrected chi connectivity index (χ1v) is 6.73. The molecule has 0 heterocycles. The van der Waals surface area contributed by atoms with Gasteiger partial charge in [-0.3, -0.25) is 5.32 Å². The maximum Gasteiger partial charge on any atom is 0.416 e. The Morgan fingerprint density at radius 2 is 2.18 bits per heavy atom. The molecule has 0 radical (unpaired) electrons. The zero-order valence-corrected chi connectivity index (χ0v) is 12.6. The molecule has 0 spiro atoms. The molecule has 1 aromatic carbocycles. The van der Waals surface area contributed by atoms with E-state index in [-0.39, 0.29) is 24.0 Å². The van der Waals surface area contributed by atoms with Gasteiger partial charge in [-0.2, -0.15) is 13.2 Å². The Hall–Kier alpha value is -2.09. The summed E-state index contributed by atoms with van der Waals surface area (Å²) in [7, 11) is 0. The molecule has 22 heavy (non-hydrogen) atoms. The van der Waals surface area contributed by atoms with Gasteiger partial charge < -0.3 is 9.64 Å². The summed E-state index contributed by atoms with van der Waals surface area (Å²) in [6, 6.07) is 4.62. The van der Waals surface area contributed by atoms with Gasteiger partial charge in [0.05, 0.1) is 12.2 Å². The van der Waals surface area contributed by atoms with Gasteiger partial charge in [0.15, 0.2) is 5.11 Å². The molecule has 0 aliphatic rings. The zero-order valence-electron chi connectivity index (χ0n) is 11.8. The molecular weight excluding hydrogens is 317 g/mol. The van der Waals surface area contributed by atoms with Crippen molar-refractivity contribution >= 4 is 29.1 Å². The molecule has 8 heteroatoms. The molecule has 120 valence electrons. The largest absolute Gasteiger partial charge is 0.450 e. The van der Waals surface area contributed by atoms with E-state index in [1.807, 2.05) is 0 Å². The van der Waals surface area contributed by atoms with E-state index in [1.165, 1.54) is 23.1 Å². The molecule has 0 fully saturated rings. The van der Waals surface area contributed by atoms with Crippen LogP contribution in [0, 0.1) is 0 Å². The number of hydrogen-bond donors (Lipinski definition) is 1. The van der Waals surface area contributed by atoms with Crippen molar-refractivity contribution in [2.75, 3.05) is 18.1 Å². The van der Waals surface area contributed by atoms with Gasteiger partial charge in [0.1, 0.15) is 0 Å². The fraction of sp³-hybridized carbons (Fsp3) is 0.286. The highest BCUT2D eigenvalue weighted by molar-refractivity contribution is 7.80. The first-order valence-electron chi connectivity index (χ1n) is 6.33. The summed E-state index contributed by atoms with van der Waals surface area (Å²) in [6.45, 7) is 5.43. The monoisotopic (exact) mass is 332 g/mol. The van der Waals surface area contributed by atoms with Crippen molar-refractivity contribution in [1.29, 1.82) is 0 Å². The minimum Gasteiger partial charge on any atom is -0.450 e. The number of hydrogen-bond acceptors (Lipinski definition) is 3. The Kier molecular flexibility index (Phi) is 6.36. The van der Waals surface area contributed by atoms with Crippen molar-refractivity contribution in [3.63, 3.8) is 0 Å². The molecule has 0 unspecified atom stereocenters. The average molecular weight is 332 g/mol. The third-order valence-corrected chi connectivity index (χ3v) is 2.85. The lowest BCUT2D eigenvalue weighted by molar-refractivity contribution is -0.137. The summed E-state index contributed by atoms with van der Waals surface area (Å²) in [5.41, 5.74) is -0.616. The minimum absolute atomic E-state index is 0.0716. The SMILES string of the molecule is C=CCN(C(=S)NC(=O)OCC)c1cccc(C(F)(F)F)c1. The van der Waals surface area contributed by atoms with Gasteiger partial charge in [-0.1, -0.05) is 12.1 Å². The number of rotatable bonds is 4. The number of carbonyl (C=O) groups excluding carboxylic acids is 1.